The summed E-state index contributed by atoms with van der Waals surface area (Å²) in [6.45, 7) is 0.0306. The van der Waals surface area contributed by atoms with Gasteiger partial charge in [-0.05, 0) is 6.07 Å². The molecule has 2 heterocycles. The molecule has 0 saturated heterocycles. The van der Waals surface area contributed by atoms with Crippen molar-refractivity contribution in [2.75, 3.05) is 7.11 Å². The van der Waals surface area contributed by atoms with Gasteiger partial charge in [-0.3, -0.25) is 4.98 Å². The Balaban J connectivity index is 2.34. The van der Waals surface area contributed by atoms with Gasteiger partial charge in [-0.2, -0.15) is 13.2 Å². The number of methoxy groups -OCH3 is 1. The summed E-state index contributed by atoms with van der Waals surface area (Å²) in [5.74, 6) is -1.79. The topological polar surface area (TPSA) is 47.9 Å². The van der Waals surface area contributed by atoms with Crippen molar-refractivity contribution < 1.29 is 22.3 Å². The van der Waals surface area contributed by atoms with Crippen LogP contribution in [0.15, 0.2) is 24.7 Å². The van der Waals surface area contributed by atoms with Gasteiger partial charge >= 0.3 is 6.18 Å². The first-order chi connectivity index (χ1) is 9.41. The van der Waals surface area contributed by atoms with Crippen molar-refractivity contribution in [3.63, 3.8) is 0 Å². The van der Waals surface area contributed by atoms with Crippen LogP contribution in [-0.4, -0.2) is 22.1 Å². The number of hydrogen-bond donors (Lipinski definition) is 0. The first-order valence-corrected chi connectivity index (χ1v) is 5.45. The zero-order valence-electron chi connectivity index (χ0n) is 10.3. The first kappa shape index (κ1) is 14.3. The van der Waals surface area contributed by atoms with Crippen LogP contribution in [0.25, 0.3) is 11.3 Å². The number of pyridine rings is 1. The average Bonchev–Trinajstić information content (AvgIpc) is 2.41. The van der Waals surface area contributed by atoms with E-state index in [-0.39, 0.29) is 23.4 Å². The Morgan fingerprint density at radius 2 is 1.75 bits per heavy atom. The molecule has 4 nitrogen and oxygen atoms in total. The van der Waals surface area contributed by atoms with Crippen molar-refractivity contribution in [1.82, 2.24) is 15.0 Å². The molecule has 0 aliphatic rings. The van der Waals surface area contributed by atoms with Crippen LogP contribution in [0.1, 0.15) is 11.4 Å². The van der Waals surface area contributed by atoms with E-state index in [4.69, 9.17) is 4.74 Å². The largest absolute Gasteiger partial charge is 0.451 e. The molecule has 0 radical (unpaired) electrons. The molecule has 2 aromatic rings. The summed E-state index contributed by atoms with van der Waals surface area (Å²) in [7, 11) is 1.40. The molecule has 8 heteroatoms. The quantitative estimate of drug-likeness (QED) is 0.814. The maximum atomic E-state index is 13.4. The second-order valence-electron chi connectivity index (χ2n) is 3.89. The Bertz CT molecular complexity index is 599. The van der Waals surface area contributed by atoms with Crippen molar-refractivity contribution in [3.8, 4) is 11.3 Å². The molecule has 0 saturated carbocycles. The summed E-state index contributed by atoms with van der Waals surface area (Å²) in [6.07, 6.45) is -1.64. The summed E-state index contributed by atoms with van der Waals surface area (Å²) in [6, 6.07) is 1.38. The van der Waals surface area contributed by atoms with Crippen molar-refractivity contribution in [2.45, 2.75) is 12.8 Å². The third-order valence-electron chi connectivity index (χ3n) is 2.44. The summed E-state index contributed by atoms with van der Waals surface area (Å²) >= 11 is 0. The van der Waals surface area contributed by atoms with Crippen molar-refractivity contribution in [3.05, 3.63) is 41.9 Å². The zero-order chi connectivity index (χ0) is 14.8. The molecule has 106 valence electrons. The van der Waals surface area contributed by atoms with E-state index in [0.717, 1.165) is 18.6 Å². The second kappa shape index (κ2) is 5.49. The van der Waals surface area contributed by atoms with E-state index in [9.17, 15) is 17.6 Å². The third-order valence-corrected chi connectivity index (χ3v) is 2.44. The fourth-order valence-corrected chi connectivity index (χ4v) is 1.51. The van der Waals surface area contributed by atoms with Crippen molar-refractivity contribution in [1.29, 1.82) is 0 Å². The molecule has 0 amide bonds. The molecule has 2 rings (SSSR count). The van der Waals surface area contributed by atoms with Crippen LogP contribution in [0, 0.1) is 5.82 Å². The highest BCUT2D eigenvalue weighted by molar-refractivity contribution is 5.57. The van der Waals surface area contributed by atoms with E-state index in [0.29, 0.717) is 0 Å². The lowest BCUT2D eigenvalue weighted by Gasteiger charge is -2.07. The molecule has 0 spiro atoms. The van der Waals surface area contributed by atoms with Crippen LogP contribution in [0.4, 0.5) is 17.6 Å². The molecule has 0 unspecified atom stereocenters. The highest BCUT2D eigenvalue weighted by Gasteiger charge is 2.34. The summed E-state index contributed by atoms with van der Waals surface area (Å²) < 4.78 is 55.2. The highest BCUT2D eigenvalue weighted by atomic mass is 19.4. The second-order valence-corrected chi connectivity index (χ2v) is 3.89. The van der Waals surface area contributed by atoms with Crippen LogP contribution in [0.2, 0.25) is 0 Å². The number of alkyl halides is 3. The molecule has 2 aromatic heterocycles. The molecular formula is C12H9F4N3O. The number of rotatable bonds is 3. The molecule has 20 heavy (non-hydrogen) atoms. The fraction of sp³-hybridized carbons (Fsp3) is 0.250. The standard InChI is InChI=1S/C12H9F4N3O/c1-20-6-7-2-10(17-5-9(7)13)8-3-18-11(19-4-8)12(14,15)16/h2-5H,6H2,1H3. The Hall–Kier alpha value is -2.09. The van der Waals surface area contributed by atoms with E-state index in [2.05, 4.69) is 15.0 Å². The van der Waals surface area contributed by atoms with Gasteiger partial charge in [0.25, 0.3) is 0 Å². The van der Waals surface area contributed by atoms with E-state index in [1.807, 2.05) is 0 Å². The van der Waals surface area contributed by atoms with Gasteiger partial charge in [0.15, 0.2) is 0 Å². The van der Waals surface area contributed by atoms with Crippen molar-refractivity contribution >= 4 is 0 Å². The van der Waals surface area contributed by atoms with Crippen LogP contribution in [0.3, 0.4) is 0 Å². The van der Waals surface area contributed by atoms with Crippen LogP contribution in [-0.2, 0) is 17.5 Å². The summed E-state index contributed by atoms with van der Waals surface area (Å²) in [5, 5.41) is 0. The first-order valence-electron chi connectivity index (χ1n) is 5.45. The molecule has 0 aliphatic carbocycles. The predicted molar refractivity (Wildman–Crippen MR) is 60.9 cm³/mol. The van der Waals surface area contributed by atoms with Crippen LogP contribution < -0.4 is 0 Å². The lowest BCUT2D eigenvalue weighted by atomic mass is 10.1. The van der Waals surface area contributed by atoms with Gasteiger partial charge in [0.1, 0.15) is 5.82 Å². The predicted octanol–water partition coefficient (Wildman–Crippen LogP) is 2.84. The number of aromatic nitrogens is 3. The molecule has 0 aromatic carbocycles. The number of ether oxygens (including phenoxy) is 1. The lowest BCUT2D eigenvalue weighted by Crippen LogP contribution is -2.10. The highest BCUT2D eigenvalue weighted by Crippen LogP contribution is 2.26. The van der Waals surface area contributed by atoms with Gasteiger partial charge in [0.05, 0.1) is 18.5 Å². The Morgan fingerprint density at radius 3 is 2.30 bits per heavy atom. The minimum atomic E-state index is -4.60. The van der Waals surface area contributed by atoms with Gasteiger partial charge in [0, 0.05) is 30.6 Å². The van der Waals surface area contributed by atoms with Gasteiger partial charge in [-0.25, -0.2) is 14.4 Å². The van der Waals surface area contributed by atoms with Crippen LogP contribution >= 0.6 is 0 Å². The number of nitrogens with zero attached hydrogens (tertiary/aromatic N) is 3. The SMILES string of the molecule is COCc1cc(-c2cnc(C(F)(F)F)nc2)ncc1F. The Morgan fingerprint density at radius 1 is 1.10 bits per heavy atom. The molecule has 0 aliphatic heterocycles. The molecule has 0 atom stereocenters. The monoisotopic (exact) mass is 287 g/mol. The Labute approximate surface area is 111 Å². The van der Waals surface area contributed by atoms with Gasteiger partial charge in [0.2, 0.25) is 5.82 Å². The minimum Gasteiger partial charge on any atom is -0.380 e. The molecule has 0 N–H and O–H groups in total. The zero-order valence-corrected chi connectivity index (χ0v) is 10.3. The van der Waals surface area contributed by atoms with E-state index >= 15 is 0 Å². The minimum absolute atomic E-state index is 0.0306. The number of hydrogen-bond acceptors (Lipinski definition) is 4. The molecule has 0 bridgehead atoms. The maximum absolute atomic E-state index is 13.4. The van der Waals surface area contributed by atoms with Gasteiger partial charge in [-0.15, -0.1) is 0 Å². The third kappa shape index (κ3) is 3.08. The van der Waals surface area contributed by atoms with E-state index < -0.39 is 17.8 Å². The molecule has 0 fully saturated rings. The average molecular weight is 287 g/mol. The van der Waals surface area contributed by atoms with E-state index in [1.54, 1.807) is 0 Å². The van der Waals surface area contributed by atoms with Crippen LogP contribution in [0.5, 0.6) is 0 Å². The maximum Gasteiger partial charge on any atom is 0.451 e. The fourth-order valence-electron chi connectivity index (χ4n) is 1.51. The normalized spacial score (nSPS) is 11.7. The van der Waals surface area contributed by atoms with Crippen molar-refractivity contribution in [2.24, 2.45) is 0 Å². The van der Waals surface area contributed by atoms with E-state index in [1.165, 1.54) is 13.2 Å². The summed E-state index contributed by atoms with van der Waals surface area (Å²) in [4.78, 5) is 10.2. The molecular weight excluding hydrogens is 278 g/mol. The van der Waals surface area contributed by atoms with Gasteiger partial charge < -0.3 is 4.74 Å². The number of halogens is 4. The smallest absolute Gasteiger partial charge is 0.380 e. The lowest BCUT2D eigenvalue weighted by molar-refractivity contribution is -0.144. The van der Waals surface area contributed by atoms with Gasteiger partial charge in [-0.1, -0.05) is 0 Å². The Kier molecular flexibility index (Phi) is 3.93. The summed E-state index contributed by atoms with van der Waals surface area (Å²) in [5.41, 5.74) is 0.778.